The number of rotatable bonds is 8. The Hall–Kier alpha value is -1.10. The molecule has 1 aromatic carbocycles. The summed E-state index contributed by atoms with van der Waals surface area (Å²) in [5.74, 6) is -0.795. The molecule has 0 aromatic heterocycles. The number of hydrogen-bond acceptors (Lipinski definition) is 3. The van der Waals surface area contributed by atoms with Gasteiger partial charge in [0, 0.05) is 31.8 Å². The van der Waals surface area contributed by atoms with E-state index in [1.54, 1.807) is 7.11 Å². The molecule has 1 N–H and O–H groups in total. The van der Waals surface area contributed by atoms with Crippen LogP contribution in [0.5, 0.6) is 0 Å². The third kappa shape index (κ3) is 5.49. The summed E-state index contributed by atoms with van der Waals surface area (Å²) < 4.78 is 5.02. The molecule has 0 spiro atoms. The molecule has 0 heterocycles. The van der Waals surface area contributed by atoms with Gasteiger partial charge in [-0.05, 0) is 11.6 Å². The van der Waals surface area contributed by atoms with Gasteiger partial charge in [-0.1, -0.05) is 29.8 Å². The number of methoxy groups -OCH3 is 1. The van der Waals surface area contributed by atoms with Crippen molar-refractivity contribution in [2.75, 3.05) is 26.8 Å². The quantitative estimate of drug-likeness (QED) is 0.788. The molecule has 5 heteroatoms. The lowest BCUT2D eigenvalue weighted by Gasteiger charge is -2.21. The molecular weight excluding hydrogens is 254 g/mol. The standard InChI is InChI=1S/C13H18ClNO3/c1-18-9-8-15(7-6-13(16)17)10-11-4-2-3-5-12(11)14/h2-5H,6-10H2,1H3,(H,16,17). The zero-order valence-corrected chi connectivity index (χ0v) is 11.2. The lowest BCUT2D eigenvalue weighted by Crippen LogP contribution is -2.29. The smallest absolute Gasteiger partial charge is 0.304 e. The summed E-state index contributed by atoms with van der Waals surface area (Å²) in [5.41, 5.74) is 1.00. The summed E-state index contributed by atoms with van der Waals surface area (Å²) in [7, 11) is 1.63. The van der Waals surface area contributed by atoms with Crippen molar-refractivity contribution >= 4 is 17.6 Å². The average molecular weight is 272 g/mol. The van der Waals surface area contributed by atoms with E-state index in [0.29, 0.717) is 31.3 Å². The van der Waals surface area contributed by atoms with Gasteiger partial charge in [0.15, 0.2) is 0 Å². The highest BCUT2D eigenvalue weighted by atomic mass is 35.5. The van der Waals surface area contributed by atoms with Gasteiger partial charge in [-0.25, -0.2) is 0 Å². The maximum atomic E-state index is 10.6. The topological polar surface area (TPSA) is 49.8 Å². The third-order valence-corrected chi connectivity index (χ3v) is 2.97. The first-order valence-corrected chi connectivity index (χ1v) is 6.17. The minimum atomic E-state index is -0.795. The molecule has 0 radical (unpaired) electrons. The van der Waals surface area contributed by atoms with E-state index in [1.807, 2.05) is 29.2 Å². The van der Waals surface area contributed by atoms with Crippen LogP contribution in [-0.4, -0.2) is 42.8 Å². The maximum Gasteiger partial charge on any atom is 0.304 e. The third-order valence-electron chi connectivity index (χ3n) is 2.61. The molecule has 4 nitrogen and oxygen atoms in total. The molecule has 1 rings (SSSR count). The number of carboxylic acids is 1. The molecule has 0 aliphatic heterocycles. The average Bonchev–Trinajstić information content (AvgIpc) is 2.35. The molecule has 18 heavy (non-hydrogen) atoms. The van der Waals surface area contributed by atoms with E-state index in [4.69, 9.17) is 21.4 Å². The number of nitrogens with zero attached hydrogens (tertiary/aromatic N) is 1. The van der Waals surface area contributed by atoms with Gasteiger partial charge in [-0.15, -0.1) is 0 Å². The van der Waals surface area contributed by atoms with Gasteiger partial charge < -0.3 is 9.84 Å². The van der Waals surface area contributed by atoms with E-state index in [0.717, 1.165) is 5.56 Å². The molecule has 1 aromatic rings. The minimum absolute atomic E-state index is 0.119. The molecule has 0 fully saturated rings. The number of carboxylic acid groups (broad SMARTS) is 1. The Bertz CT molecular complexity index is 384. The lowest BCUT2D eigenvalue weighted by molar-refractivity contribution is -0.137. The molecule has 0 aliphatic carbocycles. The number of benzene rings is 1. The fourth-order valence-corrected chi connectivity index (χ4v) is 1.81. The summed E-state index contributed by atoms with van der Waals surface area (Å²) in [5, 5.41) is 9.43. The first-order chi connectivity index (χ1) is 8.63. The number of halogens is 1. The highest BCUT2D eigenvalue weighted by Gasteiger charge is 2.10. The summed E-state index contributed by atoms with van der Waals surface area (Å²) in [6.45, 7) is 2.39. The SMILES string of the molecule is COCCN(CCC(=O)O)Cc1ccccc1Cl. The first-order valence-electron chi connectivity index (χ1n) is 5.80. The highest BCUT2D eigenvalue weighted by Crippen LogP contribution is 2.17. The summed E-state index contributed by atoms with van der Waals surface area (Å²) in [6.07, 6.45) is 0.119. The summed E-state index contributed by atoms with van der Waals surface area (Å²) in [6, 6.07) is 7.58. The maximum absolute atomic E-state index is 10.6. The van der Waals surface area contributed by atoms with Crippen molar-refractivity contribution in [1.82, 2.24) is 4.90 Å². The number of ether oxygens (including phenoxy) is 1. The van der Waals surface area contributed by atoms with Crippen LogP contribution >= 0.6 is 11.6 Å². The first kappa shape index (κ1) is 15.0. The Balaban J connectivity index is 2.59. The normalized spacial score (nSPS) is 10.8. The predicted molar refractivity (Wildman–Crippen MR) is 70.9 cm³/mol. The Morgan fingerprint density at radius 2 is 2.11 bits per heavy atom. The Kier molecular flexibility index (Phi) is 6.72. The number of carbonyl (C=O) groups is 1. The van der Waals surface area contributed by atoms with Crippen LogP contribution in [0.2, 0.25) is 5.02 Å². The molecule has 0 unspecified atom stereocenters. The van der Waals surface area contributed by atoms with Gasteiger partial charge >= 0.3 is 5.97 Å². The zero-order valence-electron chi connectivity index (χ0n) is 10.4. The molecule has 0 amide bonds. The van der Waals surface area contributed by atoms with Crippen molar-refractivity contribution in [3.05, 3.63) is 34.9 Å². The molecule has 0 bridgehead atoms. The minimum Gasteiger partial charge on any atom is -0.481 e. The Morgan fingerprint density at radius 1 is 1.39 bits per heavy atom. The van der Waals surface area contributed by atoms with Crippen LogP contribution in [0.25, 0.3) is 0 Å². The van der Waals surface area contributed by atoms with Crippen LogP contribution in [0, 0.1) is 0 Å². The summed E-state index contributed by atoms with van der Waals surface area (Å²) >= 11 is 6.09. The molecular formula is C13H18ClNO3. The fourth-order valence-electron chi connectivity index (χ4n) is 1.61. The van der Waals surface area contributed by atoms with Crippen LogP contribution in [0.15, 0.2) is 24.3 Å². The van der Waals surface area contributed by atoms with Crippen molar-refractivity contribution in [2.24, 2.45) is 0 Å². The van der Waals surface area contributed by atoms with Crippen molar-refractivity contribution in [3.63, 3.8) is 0 Å². The van der Waals surface area contributed by atoms with E-state index >= 15 is 0 Å². The molecule has 0 saturated carbocycles. The zero-order chi connectivity index (χ0) is 13.4. The summed E-state index contributed by atoms with van der Waals surface area (Å²) in [4.78, 5) is 12.6. The van der Waals surface area contributed by atoms with Crippen LogP contribution in [0.4, 0.5) is 0 Å². The van der Waals surface area contributed by atoms with Gasteiger partial charge in [-0.2, -0.15) is 0 Å². The lowest BCUT2D eigenvalue weighted by atomic mass is 10.2. The van der Waals surface area contributed by atoms with Crippen LogP contribution in [0.1, 0.15) is 12.0 Å². The van der Waals surface area contributed by atoms with Crippen molar-refractivity contribution in [1.29, 1.82) is 0 Å². The van der Waals surface area contributed by atoms with E-state index in [2.05, 4.69) is 0 Å². The largest absolute Gasteiger partial charge is 0.481 e. The van der Waals surface area contributed by atoms with Crippen LogP contribution in [0.3, 0.4) is 0 Å². The van der Waals surface area contributed by atoms with E-state index in [9.17, 15) is 4.79 Å². The van der Waals surface area contributed by atoms with Crippen LogP contribution < -0.4 is 0 Å². The van der Waals surface area contributed by atoms with Crippen molar-refractivity contribution in [2.45, 2.75) is 13.0 Å². The second-order valence-electron chi connectivity index (χ2n) is 4.00. The van der Waals surface area contributed by atoms with Gasteiger partial charge in [0.05, 0.1) is 13.0 Å². The Labute approximate surface area is 112 Å². The van der Waals surface area contributed by atoms with Crippen molar-refractivity contribution in [3.8, 4) is 0 Å². The van der Waals surface area contributed by atoms with E-state index in [-0.39, 0.29) is 6.42 Å². The molecule has 0 atom stereocenters. The number of aliphatic carboxylic acids is 1. The molecule has 100 valence electrons. The Morgan fingerprint density at radius 3 is 2.72 bits per heavy atom. The second-order valence-corrected chi connectivity index (χ2v) is 4.41. The molecule has 0 aliphatic rings. The van der Waals surface area contributed by atoms with E-state index in [1.165, 1.54) is 0 Å². The van der Waals surface area contributed by atoms with Crippen molar-refractivity contribution < 1.29 is 14.6 Å². The van der Waals surface area contributed by atoms with E-state index < -0.39 is 5.97 Å². The fraction of sp³-hybridized carbons (Fsp3) is 0.462. The van der Waals surface area contributed by atoms with Gasteiger partial charge in [0.25, 0.3) is 0 Å². The van der Waals surface area contributed by atoms with Gasteiger partial charge in [0.1, 0.15) is 0 Å². The molecule has 0 saturated heterocycles. The van der Waals surface area contributed by atoms with Gasteiger partial charge in [0.2, 0.25) is 0 Å². The predicted octanol–water partition coefficient (Wildman–Crippen LogP) is 2.26. The monoisotopic (exact) mass is 271 g/mol. The van der Waals surface area contributed by atoms with Crippen LogP contribution in [-0.2, 0) is 16.1 Å². The highest BCUT2D eigenvalue weighted by molar-refractivity contribution is 6.31. The van der Waals surface area contributed by atoms with Gasteiger partial charge in [-0.3, -0.25) is 9.69 Å². The number of hydrogen-bond donors (Lipinski definition) is 1. The second kappa shape index (κ2) is 8.08.